The molecule has 0 aromatic heterocycles. The van der Waals surface area contributed by atoms with Crippen LogP contribution in [0.2, 0.25) is 0 Å². The first kappa shape index (κ1) is 12.6. The summed E-state index contributed by atoms with van der Waals surface area (Å²) in [5.74, 6) is -1.83. The average molecular weight is 202 g/mol. The molecule has 1 N–H and O–H groups in total. The van der Waals surface area contributed by atoms with Crippen LogP contribution in [0, 0.1) is 0 Å². The number of carboxylic acid groups (broad SMARTS) is 1. The van der Waals surface area contributed by atoms with E-state index in [9.17, 15) is 9.59 Å². The summed E-state index contributed by atoms with van der Waals surface area (Å²) < 4.78 is 9.37. The zero-order valence-corrected chi connectivity index (χ0v) is 8.23. The van der Waals surface area contributed by atoms with E-state index in [-0.39, 0.29) is 12.7 Å². The van der Waals surface area contributed by atoms with Gasteiger partial charge in [0.15, 0.2) is 0 Å². The number of carbonyl (C=O) groups excluding carboxylic acids is 1. The zero-order chi connectivity index (χ0) is 11.0. The maximum Gasteiger partial charge on any atom is 0.331 e. The lowest BCUT2D eigenvalue weighted by Gasteiger charge is -1.95. The van der Waals surface area contributed by atoms with Gasteiger partial charge in [-0.25, -0.2) is 9.59 Å². The normalized spacial score (nSPS) is 18.3. The quantitative estimate of drug-likeness (QED) is 0.410. The van der Waals surface area contributed by atoms with Crippen molar-refractivity contribution in [1.29, 1.82) is 0 Å². The van der Waals surface area contributed by atoms with Gasteiger partial charge in [-0.2, -0.15) is 0 Å². The second-order valence-electron chi connectivity index (χ2n) is 2.26. The van der Waals surface area contributed by atoms with Crippen LogP contribution in [0.4, 0.5) is 0 Å². The molecule has 80 valence electrons. The minimum Gasteiger partial charge on any atom is -0.478 e. The largest absolute Gasteiger partial charge is 0.478 e. The number of carboxylic acids is 1. The Bertz CT molecular complexity index is 217. The van der Waals surface area contributed by atoms with Gasteiger partial charge in [0, 0.05) is 12.2 Å². The Morgan fingerprint density at radius 1 is 1.50 bits per heavy atom. The molecule has 1 heterocycles. The third kappa shape index (κ3) is 7.30. The first-order chi connectivity index (χ1) is 6.68. The number of epoxide rings is 1. The third-order valence-corrected chi connectivity index (χ3v) is 1.18. The molecule has 1 saturated heterocycles. The highest BCUT2D eigenvalue weighted by atomic mass is 16.6. The number of rotatable bonds is 4. The van der Waals surface area contributed by atoms with Gasteiger partial charge in [-0.15, -0.1) is 0 Å². The molecule has 1 aliphatic heterocycles. The number of hydrogen-bond acceptors (Lipinski definition) is 4. The lowest BCUT2D eigenvalue weighted by molar-refractivity contribution is -0.139. The second-order valence-corrected chi connectivity index (χ2v) is 2.26. The fourth-order valence-electron chi connectivity index (χ4n) is 0.527. The van der Waals surface area contributed by atoms with Gasteiger partial charge < -0.3 is 14.6 Å². The summed E-state index contributed by atoms with van der Waals surface area (Å²) in [6, 6.07) is 0. The Balaban J connectivity index is 0.000000791. The smallest absolute Gasteiger partial charge is 0.331 e. The zero-order valence-electron chi connectivity index (χ0n) is 8.23. The molecule has 1 unspecified atom stereocenters. The van der Waals surface area contributed by atoms with Gasteiger partial charge in [0.1, 0.15) is 12.7 Å². The molecule has 0 aromatic rings. The van der Waals surface area contributed by atoms with Crippen LogP contribution in [0.5, 0.6) is 0 Å². The monoisotopic (exact) mass is 202 g/mol. The Morgan fingerprint density at radius 3 is 2.50 bits per heavy atom. The highest BCUT2D eigenvalue weighted by Gasteiger charge is 2.23. The molecule has 1 fully saturated rings. The van der Waals surface area contributed by atoms with Crippen molar-refractivity contribution in [3.63, 3.8) is 0 Å². The SMILES string of the molecule is CC.O=C(O)C=CC(=O)OCC1CO1. The summed E-state index contributed by atoms with van der Waals surface area (Å²) in [5.41, 5.74) is 0. The molecule has 1 aliphatic rings. The Kier molecular flexibility index (Phi) is 6.39. The van der Waals surface area contributed by atoms with Gasteiger partial charge >= 0.3 is 11.9 Å². The summed E-state index contributed by atoms with van der Waals surface area (Å²) in [6.07, 6.45) is 1.60. The van der Waals surface area contributed by atoms with E-state index >= 15 is 0 Å². The Morgan fingerprint density at radius 2 is 2.07 bits per heavy atom. The number of carbonyl (C=O) groups is 2. The molecule has 14 heavy (non-hydrogen) atoms. The predicted molar refractivity (Wildman–Crippen MR) is 48.8 cm³/mol. The van der Waals surface area contributed by atoms with E-state index in [1.54, 1.807) is 0 Å². The highest BCUT2D eigenvalue weighted by Crippen LogP contribution is 2.08. The van der Waals surface area contributed by atoms with Gasteiger partial charge in [0.25, 0.3) is 0 Å². The molecule has 0 aromatic carbocycles. The molecule has 5 nitrogen and oxygen atoms in total. The van der Waals surface area contributed by atoms with Crippen molar-refractivity contribution in [2.24, 2.45) is 0 Å². The van der Waals surface area contributed by atoms with Gasteiger partial charge in [-0.05, 0) is 0 Å². The first-order valence-corrected chi connectivity index (χ1v) is 4.38. The van der Waals surface area contributed by atoms with E-state index < -0.39 is 11.9 Å². The van der Waals surface area contributed by atoms with Gasteiger partial charge in [-0.1, -0.05) is 13.8 Å². The minimum absolute atomic E-state index is 0.00665. The van der Waals surface area contributed by atoms with Gasteiger partial charge in [-0.3, -0.25) is 0 Å². The summed E-state index contributed by atoms with van der Waals surface area (Å²) >= 11 is 0. The van der Waals surface area contributed by atoms with E-state index in [4.69, 9.17) is 9.84 Å². The van der Waals surface area contributed by atoms with Crippen LogP contribution in [-0.2, 0) is 19.1 Å². The molecule has 0 radical (unpaired) electrons. The van der Waals surface area contributed by atoms with Crippen molar-refractivity contribution in [2.75, 3.05) is 13.2 Å². The maximum absolute atomic E-state index is 10.7. The summed E-state index contributed by atoms with van der Waals surface area (Å²) in [7, 11) is 0. The van der Waals surface area contributed by atoms with E-state index in [1.807, 2.05) is 13.8 Å². The number of ether oxygens (including phenoxy) is 2. The highest BCUT2D eigenvalue weighted by molar-refractivity contribution is 5.90. The molecule has 1 rings (SSSR count). The Hall–Kier alpha value is -1.36. The topological polar surface area (TPSA) is 76.1 Å². The van der Waals surface area contributed by atoms with Gasteiger partial charge in [0.2, 0.25) is 0 Å². The molecule has 0 saturated carbocycles. The van der Waals surface area contributed by atoms with Crippen LogP contribution in [0.3, 0.4) is 0 Å². The lowest BCUT2D eigenvalue weighted by atomic mass is 10.5. The molecular weight excluding hydrogens is 188 g/mol. The maximum atomic E-state index is 10.7. The van der Waals surface area contributed by atoms with E-state index in [0.29, 0.717) is 6.61 Å². The second kappa shape index (κ2) is 7.08. The lowest BCUT2D eigenvalue weighted by Crippen LogP contribution is -2.07. The molecule has 5 heteroatoms. The minimum atomic E-state index is -1.17. The Labute approximate surface area is 82.3 Å². The molecule has 0 aliphatic carbocycles. The molecular formula is C9H14O5. The molecule has 0 spiro atoms. The summed E-state index contributed by atoms with van der Waals surface area (Å²) in [6.45, 7) is 4.80. The summed E-state index contributed by atoms with van der Waals surface area (Å²) in [5, 5.41) is 8.13. The van der Waals surface area contributed by atoms with Crippen molar-refractivity contribution in [2.45, 2.75) is 20.0 Å². The van der Waals surface area contributed by atoms with Crippen molar-refractivity contribution >= 4 is 11.9 Å². The summed E-state index contributed by atoms with van der Waals surface area (Å²) in [4.78, 5) is 20.6. The number of hydrogen-bond donors (Lipinski definition) is 1. The number of aliphatic carboxylic acids is 1. The molecule has 0 amide bonds. The first-order valence-electron chi connectivity index (χ1n) is 4.38. The fraction of sp³-hybridized carbons (Fsp3) is 0.556. The van der Waals surface area contributed by atoms with Crippen molar-refractivity contribution in [3.05, 3.63) is 12.2 Å². The van der Waals surface area contributed by atoms with Crippen LogP contribution in [0.15, 0.2) is 12.2 Å². The van der Waals surface area contributed by atoms with E-state index in [0.717, 1.165) is 12.2 Å². The van der Waals surface area contributed by atoms with E-state index in [2.05, 4.69) is 4.74 Å². The van der Waals surface area contributed by atoms with Crippen LogP contribution in [0.1, 0.15) is 13.8 Å². The third-order valence-electron chi connectivity index (χ3n) is 1.18. The van der Waals surface area contributed by atoms with Crippen LogP contribution in [-0.4, -0.2) is 36.4 Å². The van der Waals surface area contributed by atoms with Crippen LogP contribution in [0.25, 0.3) is 0 Å². The molecule has 1 atom stereocenters. The average Bonchev–Trinajstić information content (AvgIpc) is 2.98. The van der Waals surface area contributed by atoms with Crippen LogP contribution >= 0.6 is 0 Å². The van der Waals surface area contributed by atoms with Crippen molar-refractivity contribution in [3.8, 4) is 0 Å². The van der Waals surface area contributed by atoms with Crippen LogP contribution < -0.4 is 0 Å². The van der Waals surface area contributed by atoms with Gasteiger partial charge in [0.05, 0.1) is 6.61 Å². The van der Waals surface area contributed by atoms with Crippen molar-refractivity contribution < 1.29 is 24.2 Å². The fourth-order valence-corrected chi connectivity index (χ4v) is 0.527. The molecule has 0 bridgehead atoms. The van der Waals surface area contributed by atoms with E-state index in [1.165, 1.54) is 0 Å². The number of esters is 1. The predicted octanol–water partition coefficient (Wildman–Crippen LogP) is 0.595. The van der Waals surface area contributed by atoms with Crippen molar-refractivity contribution in [1.82, 2.24) is 0 Å². The standard InChI is InChI=1S/C7H8O5.C2H6/c8-6(9)1-2-7(10)12-4-5-3-11-5;1-2/h1-2,5H,3-4H2,(H,8,9);1-2H3.